The monoisotopic (exact) mass is 431 g/mol. The van der Waals surface area contributed by atoms with Crippen molar-refractivity contribution in [3.05, 3.63) is 64.7 Å². The summed E-state index contributed by atoms with van der Waals surface area (Å²) in [4.78, 5) is 34.6. The maximum Gasteiger partial charge on any atom is 0.345 e. The number of amides is 1. The smallest absolute Gasteiger partial charge is 0.345 e. The quantitative estimate of drug-likeness (QED) is 0.314. The molecule has 1 amide bonds. The van der Waals surface area contributed by atoms with Crippen LogP contribution in [0.5, 0.6) is 5.75 Å². The molecule has 2 aromatic rings. The van der Waals surface area contributed by atoms with Crippen LogP contribution in [-0.2, 0) is 9.59 Å². The van der Waals surface area contributed by atoms with E-state index in [4.69, 9.17) is 21.4 Å². The fraction of sp³-hybridized carbons (Fsp3) is 0.105. The van der Waals surface area contributed by atoms with Crippen molar-refractivity contribution >= 4 is 52.6 Å². The van der Waals surface area contributed by atoms with Crippen molar-refractivity contribution in [2.45, 2.75) is 11.7 Å². The number of nitrogens with zero attached hydrogens (tertiary/aromatic N) is 2. The van der Waals surface area contributed by atoms with Gasteiger partial charge in [-0.2, -0.15) is 5.10 Å². The van der Waals surface area contributed by atoms with Crippen molar-refractivity contribution < 1.29 is 24.2 Å². The number of carbonyl (C=O) groups excluding carboxylic acids is 2. The zero-order valence-corrected chi connectivity index (χ0v) is 16.3. The van der Waals surface area contributed by atoms with E-state index >= 15 is 0 Å². The number of benzene rings is 2. The number of hydrogen-bond donors (Lipinski definition) is 2. The van der Waals surface area contributed by atoms with Gasteiger partial charge in [-0.1, -0.05) is 47.6 Å². The van der Waals surface area contributed by atoms with Gasteiger partial charge in [-0.25, -0.2) is 4.79 Å². The van der Waals surface area contributed by atoms with E-state index in [0.29, 0.717) is 16.3 Å². The molecular formula is C19H14ClN3O5S. The molecule has 1 saturated heterocycles. The van der Waals surface area contributed by atoms with Gasteiger partial charge >= 0.3 is 11.9 Å². The maximum absolute atomic E-state index is 12.2. The van der Waals surface area contributed by atoms with E-state index in [-0.39, 0.29) is 17.2 Å². The molecule has 3 rings (SSSR count). The molecule has 1 aliphatic heterocycles. The van der Waals surface area contributed by atoms with Gasteiger partial charge in [0.05, 0.1) is 23.2 Å². The van der Waals surface area contributed by atoms with Crippen LogP contribution >= 0.6 is 23.4 Å². The van der Waals surface area contributed by atoms with Crippen LogP contribution in [0.15, 0.2) is 58.7 Å². The lowest BCUT2D eigenvalue weighted by Gasteiger charge is -2.06. The molecule has 1 aliphatic rings. The minimum absolute atomic E-state index is 0.221. The highest BCUT2D eigenvalue weighted by Gasteiger charge is 2.32. The number of ether oxygens (including phenoxy) is 1. The van der Waals surface area contributed by atoms with Gasteiger partial charge in [0.25, 0.3) is 0 Å². The first-order valence-corrected chi connectivity index (χ1v) is 9.55. The summed E-state index contributed by atoms with van der Waals surface area (Å²) in [6, 6.07) is 13.2. The molecule has 2 aromatic carbocycles. The van der Waals surface area contributed by atoms with Crippen molar-refractivity contribution in [1.29, 1.82) is 0 Å². The Morgan fingerprint density at radius 3 is 2.79 bits per heavy atom. The van der Waals surface area contributed by atoms with Crippen LogP contribution in [0.1, 0.15) is 22.3 Å². The first kappa shape index (κ1) is 20.6. The molecule has 0 aromatic heterocycles. The summed E-state index contributed by atoms with van der Waals surface area (Å²) in [7, 11) is 0. The lowest BCUT2D eigenvalue weighted by Crippen LogP contribution is -2.26. The fourth-order valence-electron chi connectivity index (χ4n) is 2.34. The molecule has 1 atom stereocenters. The zero-order valence-electron chi connectivity index (χ0n) is 14.7. The molecule has 0 bridgehead atoms. The summed E-state index contributed by atoms with van der Waals surface area (Å²) >= 11 is 7.00. The van der Waals surface area contributed by atoms with Gasteiger partial charge in [-0.3, -0.25) is 9.59 Å². The molecule has 1 unspecified atom stereocenters. The molecule has 29 heavy (non-hydrogen) atoms. The Hall–Kier alpha value is -3.17. The number of carbonyl (C=O) groups is 3. The summed E-state index contributed by atoms with van der Waals surface area (Å²) in [5.74, 6) is -1.76. The number of esters is 1. The van der Waals surface area contributed by atoms with Gasteiger partial charge in [-0.15, -0.1) is 5.10 Å². The van der Waals surface area contributed by atoms with Crippen molar-refractivity contribution in [3.8, 4) is 5.75 Å². The number of rotatable bonds is 6. The molecule has 0 radical (unpaired) electrons. The maximum atomic E-state index is 12.2. The van der Waals surface area contributed by atoms with Crippen molar-refractivity contribution in [3.63, 3.8) is 0 Å². The largest absolute Gasteiger partial charge is 0.481 e. The van der Waals surface area contributed by atoms with E-state index in [1.165, 1.54) is 6.21 Å². The molecule has 1 fully saturated rings. The fourth-order valence-corrected chi connectivity index (χ4v) is 3.47. The average Bonchev–Trinajstić information content (AvgIpc) is 3.01. The van der Waals surface area contributed by atoms with Gasteiger partial charge in [0.1, 0.15) is 11.0 Å². The minimum Gasteiger partial charge on any atom is -0.481 e. The summed E-state index contributed by atoms with van der Waals surface area (Å²) < 4.78 is 5.33. The van der Waals surface area contributed by atoms with E-state index in [2.05, 4.69) is 15.5 Å². The highest BCUT2D eigenvalue weighted by molar-refractivity contribution is 8.15. The second kappa shape index (κ2) is 9.35. The predicted molar refractivity (Wildman–Crippen MR) is 110 cm³/mol. The van der Waals surface area contributed by atoms with E-state index in [1.54, 1.807) is 48.5 Å². The number of carboxylic acid groups (broad SMARTS) is 1. The number of thioether (sulfide) groups is 1. The van der Waals surface area contributed by atoms with Gasteiger partial charge in [0.2, 0.25) is 5.91 Å². The van der Waals surface area contributed by atoms with Crippen LogP contribution < -0.4 is 10.1 Å². The number of carboxylic acids is 1. The standard InChI is InChI=1S/C19H14ClN3O5S/c20-14-7-2-1-6-13(14)18(27)28-12-5-3-4-11(8-12)10-21-23-19-22-17(26)15(29-19)9-16(24)25/h1-8,10,15H,9H2,(H,24,25)(H,22,23,26). The number of halogens is 1. The Kier molecular flexibility index (Phi) is 6.63. The summed E-state index contributed by atoms with van der Waals surface area (Å²) in [6.07, 6.45) is 1.12. The first-order chi connectivity index (χ1) is 13.9. The highest BCUT2D eigenvalue weighted by Crippen LogP contribution is 2.22. The molecule has 0 spiro atoms. The van der Waals surface area contributed by atoms with Crippen LogP contribution in [0.4, 0.5) is 0 Å². The van der Waals surface area contributed by atoms with E-state index in [0.717, 1.165) is 11.8 Å². The molecule has 8 nitrogen and oxygen atoms in total. The highest BCUT2D eigenvalue weighted by atomic mass is 35.5. The van der Waals surface area contributed by atoms with E-state index in [1.807, 2.05) is 0 Å². The topological polar surface area (TPSA) is 117 Å². The van der Waals surface area contributed by atoms with Gasteiger partial charge in [0.15, 0.2) is 5.17 Å². The molecule has 1 heterocycles. The number of hydrogen-bond acceptors (Lipinski definition) is 7. The Balaban J connectivity index is 1.64. The lowest BCUT2D eigenvalue weighted by molar-refractivity contribution is -0.138. The Morgan fingerprint density at radius 2 is 2.03 bits per heavy atom. The van der Waals surface area contributed by atoms with E-state index in [9.17, 15) is 14.4 Å². The van der Waals surface area contributed by atoms with Crippen LogP contribution in [0.25, 0.3) is 0 Å². The Morgan fingerprint density at radius 1 is 1.24 bits per heavy atom. The van der Waals surface area contributed by atoms with Gasteiger partial charge in [-0.05, 0) is 29.8 Å². The predicted octanol–water partition coefficient (Wildman–Crippen LogP) is 2.96. The number of aliphatic carboxylic acids is 1. The van der Waals surface area contributed by atoms with Crippen LogP contribution in [0.3, 0.4) is 0 Å². The first-order valence-electron chi connectivity index (χ1n) is 8.29. The minimum atomic E-state index is -1.06. The summed E-state index contributed by atoms with van der Waals surface area (Å²) in [5, 5.41) is 18.8. The summed E-state index contributed by atoms with van der Waals surface area (Å²) in [6.45, 7) is 0. The second-order valence-corrected chi connectivity index (χ2v) is 7.38. The van der Waals surface area contributed by atoms with Gasteiger partial charge in [0, 0.05) is 0 Å². The molecular weight excluding hydrogens is 418 g/mol. The second-order valence-electron chi connectivity index (χ2n) is 5.79. The average molecular weight is 432 g/mol. The molecule has 148 valence electrons. The van der Waals surface area contributed by atoms with Crippen molar-refractivity contribution in [2.75, 3.05) is 0 Å². The third kappa shape index (κ3) is 5.66. The van der Waals surface area contributed by atoms with Crippen LogP contribution in [0.2, 0.25) is 5.02 Å². The SMILES string of the molecule is O=C(O)CC1SC(=NN=Cc2cccc(OC(=O)c3ccccc3Cl)c2)NC1=O. The normalized spacial score (nSPS) is 17.5. The molecule has 0 aliphatic carbocycles. The van der Waals surface area contributed by atoms with Crippen molar-refractivity contribution in [1.82, 2.24) is 5.32 Å². The Labute approximate surface area is 174 Å². The lowest BCUT2D eigenvalue weighted by atomic mass is 10.2. The molecule has 10 heteroatoms. The number of nitrogens with one attached hydrogen (secondary N) is 1. The third-order valence-electron chi connectivity index (χ3n) is 3.65. The summed E-state index contributed by atoms with van der Waals surface area (Å²) in [5.41, 5.74) is 0.861. The zero-order chi connectivity index (χ0) is 20.8. The van der Waals surface area contributed by atoms with Crippen LogP contribution in [0, 0.1) is 0 Å². The van der Waals surface area contributed by atoms with Gasteiger partial charge < -0.3 is 15.2 Å². The van der Waals surface area contributed by atoms with E-state index < -0.39 is 23.1 Å². The third-order valence-corrected chi connectivity index (χ3v) is 5.06. The number of amidine groups is 1. The Bertz CT molecular complexity index is 1020. The molecule has 0 saturated carbocycles. The van der Waals surface area contributed by atoms with Crippen molar-refractivity contribution in [2.24, 2.45) is 10.2 Å². The van der Waals surface area contributed by atoms with Crippen LogP contribution in [-0.4, -0.2) is 39.6 Å². The molecule has 2 N–H and O–H groups in total.